The molecule has 0 amide bonds. The summed E-state index contributed by atoms with van der Waals surface area (Å²) in [6.45, 7) is 1.57. The van der Waals surface area contributed by atoms with Crippen molar-refractivity contribution in [1.29, 1.82) is 0 Å². The summed E-state index contributed by atoms with van der Waals surface area (Å²) in [7, 11) is 0. The standard InChI is InChI=1S/C21H19ClN2O3/c22-14-7-5-13(6-8-14)18-11-16(15-3-1-2-4-17(15)24-18)20(25)21(26)19-12-23-9-10-27-19/h1-8,11,19-20,23,25H,9-10,12H2. The first-order chi connectivity index (χ1) is 13.1. The fourth-order valence-electron chi connectivity index (χ4n) is 3.27. The Morgan fingerprint density at radius 1 is 1.22 bits per heavy atom. The summed E-state index contributed by atoms with van der Waals surface area (Å²) in [6, 6.07) is 16.6. The van der Waals surface area contributed by atoms with Crippen LogP contribution in [-0.4, -0.2) is 41.7 Å². The van der Waals surface area contributed by atoms with Crippen molar-refractivity contribution in [3.8, 4) is 11.3 Å². The Morgan fingerprint density at radius 2 is 2.00 bits per heavy atom. The van der Waals surface area contributed by atoms with E-state index < -0.39 is 12.2 Å². The number of para-hydroxylation sites is 1. The van der Waals surface area contributed by atoms with E-state index in [2.05, 4.69) is 10.3 Å². The highest BCUT2D eigenvalue weighted by Gasteiger charge is 2.30. The maximum absolute atomic E-state index is 12.8. The molecule has 3 aromatic rings. The lowest BCUT2D eigenvalue weighted by Gasteiger charge is -2.25. The van der Waals surface area contributed by atoms with Gasteiger partial charge in [-0.1, -0.05) is 41.9 Å². The summed E-state index contributed by atoms with van der Waals surface area (Å²) in [6.07, 6.45) is -1.94. The summed E-state index contributed by atoms with van der Waals surface area (Å²) in [5.74, 6) is -0.347. The Bertz CT molecular complexity index is 969. The number of rotatable bonds is 4. The fourth-order valence-corrected chi connectivity index (χ4v) is 3.40. The van der Waals surface area contributed by atoms with Crippen LogP contribution in [0.25, 0.3) is 22.2 Å². The quantitative estimate of drug-likeness (QED) is 0.725. The van der Waals surface area contributed by atoms with E-state index in [1.807, 2.05) is 36.4 Å². The number of aliphatic hydroxyl groups is 1. The molecule has 1 aliphatic heterocycles. The second-order valence-corrected chi connectivity index (χ2v) is 6.93. The molecular weight excluding hydrogens is 364 g/mol. The van der Waals surface area contributed by atoms with Crippen molar-refractivity contribution in [2.45, 2.75) is 12.2 Å². The van der Waals surface area contributed by atoms with Crippen molar-refractivity contribution in [3.63, 3.8) is 0 Å². The van der Waals surface area contributed by atoms with Gasteiger partial charge >= 0.3 is 0 Å². The van der Waals surface area contributed by atoms with Crippen LogP contribution < -0.4 is 5.32 Å². The molecular formula is C21H19ClN2O3. The van der Waals surface area contributed by atoms with Crippen LogP contribution in [0.3, 0.4) is 0 Å². The number of aromatic nitrogens is 1. The maximum atomic E-state index is 12.8. The van der Waals surface area contributed by atoms with Crippen molar-refractivity contribution in [2.24, 2.45) is 0 Å². The molecule has 27 heavy (non-hydrogen) atoms. The first-order valence-electron chi connectivity index (χ1n) is 8.83. The molecule has 0 radical (unpaired) electrons. The summed E-state index contributed by atoms with van der Waals surface area (Å²) in [4.78, 5) is 17.5. The van der Waals surface area contributed by atoms with Crippen molar-refractivity contribution >= 4 is 28.3 Å². The molecule has 0 bridgehead atoms. The minimum atomic E-state index is -1.28. The molecule has 2 unspecified atom stereocenters. The number of carbonyl (C=O) groups is 1. The average molecular weight is 383 g/mol. The van der Waals surface area contributed by atoms with Gasteiger partial charge in [-0.3, -0.25) is 4.79 Å². The van der Waals surface area contributed by atoms with Gasteiger partial charge < -0.3 is 15.2 Å². The monoisotopic (exact) mass is 382 g/mol. The Kier molecular flexibility index (Phi) is 5.18. The Labute approximate surface area is 161 Å². The van der Waals surface area contributed by atoms with Crippen LogP contribution in [0.5, 0.6) is 0 Å². The Morgan fingerprint density at radius 3 is 2.74 bits per heavy atom. The van der Waals surface area contributed by atoms with Crippen molar-refractivity contribution in [3.05, 3.63) is 65.2 Å². The van der Waals surface area contributed by atoms with Gasteiger partial charge in [0.2, 0.25) is 0 Å². The van der Waals surface area contributed by atoms with Gasteiger partial charge in [0, 0.05) is 29.1 Å². The number of ketones is 1. The van der Waals surface area contributed by atoms with E-state index in [0.717, 1.165) is 16.5 Å². The molecule has 0 spiro atoms. The lowest BCUT2D eigenvalue weighted by molar-refractivity contribution is -0.140. The third-order valence-electron chi connectivity index (χ3n) is 4.70. The molecule has 2 atom stereocenters. The zero-order chi connectivity index (χ0) is 18.8. The van der Waals surface area contributed by atoms with Gasteiger partial charge in [-0.05, 0) is 29.8 Å². The molecule has 1 fully saturated rings. The predicted octanol–water partition coefficient (Wildman–Crippen LogP) is 3.15. The summed E-state index contributed by atoms with van der Waals surface area (Å²) >= 11 is 5.98. The maximum Gasteiger partial charge on any atom is 0.195 e. The predicted molar refractivity (Wildman–Crippen MR) is 105 cm³/mol. The summed E-state index contributed by atoms with van der Waals surface area (Å²) in [5.41, 5.74) is 2.79. The number of fused-ring (bicyclic) bond motifs is 1. The van der Waals surface area contributed by atoms with Gasteiger partial charge in [-0.2, -0.15) is 0 Å². The van der Waals surface area contributed by atoms with Crippen molar-refractivity contribution < 1.29 is 14.6 Å². The van der Waals surface area contributed by atoms with E-state index in [4.69, 9.17) is 16.3 Å². The van der Waals surface area contributed by atoms with Gasteiger partial charge in [-0.15, -0.1) is 0 Å². The molecule has 0 saturated carbocycles. The third-order valence-corrected chi connectivity index (χ3v) is 4.95. The van der Waals surface area contributed by atoms with Gasteiger partial charge in [0.15, 0.2) is 5.78 Å². The highest BCUT2D eigenvalue weighted by Crippen LogP contribution is 2.30. The topological polar surface area (TPSA) is 71.5 Å². The third kappa shape index (κ3) is 3.73. The van der Waals surface area contributed by atoms with Crippen LogP contribution in [0.15, 0.2) is 54.6 Å². The molecule has 2 aromatic carbocycles. The number of hydrogen-bond donors (Lipinski definition) is 2. The number of morpholine rings is 1. The lowest BCUT2D eigenvalue weighted by atomic mass is 9.96. The number of nitrogens with one attached hydrogen (secondary N) is 1. The molecule has 5 nitrogen and oxygen atoms in total. The highest BCUT2D eigenvalue weighted by molar-refractivity contribution is 6.30. The number of ether oxygens (including phenoxy) is 1. The molecule has 6 heteroatoms. The molecule has 2 heterocycles. The van der Waals surface area contributed by atoms with Crippen molar-refractivity contribution in [2.75, 3.05) is 19.7 Å². The first kappa shape index (κ1) is 18.1. The van der Waals surface area contributed by atoms with E-state index in [0.29, 0.717) is 36.0 Å². The highest BCUT2D eigenvalue weighted by atomic mass is 35.5. The number of hydrogen-bond acceptors (Lipinski definition) is 5. The van der Waals surface area contributed by atoms with Gasteiger partial charge in [0.05, 0.1) is 17.8 Å². The minimum absolute atomic E-state index is 0.347. The van der Waals surface area contributed by atoms with Crippen LogP contribution in [0.1, 0.15) is 11.7 Å². The second-order valence-electron chi connectivity index (χ2n) is 6.49. The summed E-state index contributed by atoms with van der Waals surface area (Å²) in [5, 5.41) is 15.4. The smallest absolute Gasteiger partial charge is 0.195 e. The van der Waals surface area contributed by atoms with Gasteiger partial charge in [0.1, 0.15) is 12.2 Å². The SMILES string of the molecule is O=C(C1CNCCO1)C(O)c1cc(-c2ccc(Cl)cc2)nc2ccccc12. The zero-order valence-electron chi connectivity index (χ0n) is 14.6. The first-order valence-corrected chi connectivity index (χ1v) is 9.21. The van der Waals surface area contributed by atoms with Crippen LogP contribution in [0.4, 0.5) is 0 Å². The number of pyridine rings is 1. The summed E-state index contributed by atoms with van der Waals surface area (Å²) < 4.78 is 5.52. The van der Waals surface area contributed by atoms with E-state index in [-0.39, 0.29) is 5.78 Å². The number of benzene rings is 2. The molecule has 4 rings (SSSR count). The van der Waals surface area contributed by atoms with E-state index in [1.165, 1.54) is 0 Å². The van der Waals surface area contributed by atoms with Crippen molar-refractivity contribution in [1.82, 2.24) is 10.3 Å². The molecule has 1 saturated heterocycles. The van der Waals surface area contributed by atoms with Gasteiger partial charge in [-0.25, -0.2) is 4.98 Å². The number of Topliss-reactive ketones (excluding diaryl/α,β-unsaturated/α-hetero) is 1. The van der Waals surface area contributed by atoms with E-state index in [9.17, 15) is 9.90 Å². The fraction of sp³-hybridized carbons (Fsp3) is 0.238. The molecule has 1 aromatic heterocycles. The van der Waals surface area contributed by atoms with Gasteiger partial charge in [0.25, 0.3) is 0 Å². The van der Waals surface area contributed by atoms with Crippen LogP contribution in [0.2, 0.25) is 5.02 Å². The Hall–Kier alpha value is -2.31. The van der Waals surface area contributed by atoms with E-state index >= 15 is 0 Å². The molecule has 1 aliphatic rings. The number of nitrogens with zero attached hydrogens (tertiary/aromatic N) is 1. The normalized spacial score (nSPS) is 18.4. The van der Waals surface area contributed by atoms with Crippen LogP contribution >= 0.6 is 11.6 Å². The lowest BCUT2D eigenvalue weighted by Crippen LogP contribution is -2.44. The van der Waals surface area contributed by atoms with E-state index in [1.54, 1.807) is 18.2 Å². The minimum Gasteiger partial charge on any atom is -0.380 e. The van der Waals surface area contributed by atoms with Crippen LogP contribution in [0, 0.1) is 0 Å². The zero-order valence-corrected chi connectivity index (χ0v) is 15.3. The molecule has 138 valence electrons. The second kappa shape index (κ2) is 7.74. The number of halogens is 1. The largest absolute Gasteiger partial charge is 0.380 e. The number of aliphatic hydroxyl groups excluding tert-OH is 1. The Balaban J connectivity index is 1.78. The van der Waals surface area contributed by atoms with Crippen LogP contribution in [-0.2, 0) is 9.53 Å². The molecule has 0 aliphatic carbocycles. The average Bonchev–Trinajstić information content (AvgIpc) is 2.73. The molecule has 2 N–H and O–H groups in total. The number of carbonyl (C=O) groups excluding carboxylic acids is 1.